The predicted molar refractivity (Wildman–Crippen MR) is 101 cm³/mol. The molecular weight excluding hydrogens is 308 g/mol. The summed E-state index contributed by atoms with van der Waals surface area (Å²) in [6.45, 7) is 0. The largest absolute Gasteiger partial charge is 0.388 e. The highest BCUT2D eigenvalue weighted by Crippen LogP contribution is 2.31. The van der Waals surface area contributed by atoms with Crippen LogP contribution in [0.2, 0.25) is 0 Å². The summed E-state index contributed by atoms with van der Waals surface area (Å²) in [7, 11) is 0. The molecule has 2 unspecified atom stereocenters. The van der Waals surface area contributed by atoms with E-state index >= 15 is 0 Å². The molecule has 126 valence electrons. The van der Waals surface area contributed by atoms with E-state index in [0.29, 0.717) is 12.8 Å². The van der Waals surface area contributed by atoms with Gasteiger partial charge in [0.05, 0.1) is 6.10 Å². The van der Waals surface area contributed by atoms with Crippen LogP contribution in [0, 0.1) is 0 Å². The first-order valence-electron chi connectivity index (χ1n) is 8.60. The molecule has 0 radical (unpaired) electrons. The molecule has 0 saturated carbocycles. The predicted octanol–water partition coefficient (Wildman–Crippen LogP) is 5.17. The molecule has 25 heavy (non-hydrogen) atoms. The Kier molecular flexibility index (Phi) is 5.76. The number of hydrogen-bond donors (Lipinski definition) is 1. The van der Waals surface area contributed by atoms with E-state index in [1.165, 1.54) is 0 Å². The third-order valence-electron chi connectivity index (χ3n) is 4.49. The van der Waals surface area contributed by atoms with Crippen LogP contribution in [-0.2, 0) is 0 Å². The Morgan fingerprint density at radius 1 is 0.720 bits per heavy atom. The number of carbonyl (C=O) groups is 1. The van der Waals surface area contributed by atoms with E-state index < -0.39 is 6.10 Å². The van der Waals surface area contributed by atoms with E-state index in [1.54, 1.807) is 0 Å². The quantitative estimate of drug-likeness (QED) is 0.607. The van der Waals surface area contributed by atoms with Gasteiger partial charge in [0.1, 0.15) is 0 Å². The standard InChI is InChI=1S/C23H22O2/c24-22(19-12-6-2-7-13-19)16-21(18-10-4-1-5-11-18)17-23(25)20-14-8-3-9-15-20/h1-15,21-22,24H,16-17H2. The summed E-state index contributed by atoms with van der Waals surface area (Å²) in [5.74, 6) is 0.0822. The molecule has 0 fully saturated rings. The van der Waals surface area contributed by atoms with Crippen LogP contribution in [0.15, 0.2) is 91.0 Å². The van der Waals surface area contributed by atoms with Gasteiger partial charge in [0.15, 0.2) is 5.78 Å². The third kappa shape index (κ3) is 4.65. The van der Waals surface area contributed by atoms with Crippen LogP contribution in [0.4, 0.5) is 0 Å². The molecule has 2 atom stereocenters. The Labute approximate surface area is 148 Å². The van der Waals surface area contributed by atoms with Crippen LogP contribution in [0.25, 0.3) is 0 Å². The summed E-state index contributed by atoms with van der Waals surface area (Å²) >= 11 is 0. The normalized spacial score (nSPS) is 13.2. The maximum atomic E-state index is 12.7. The molecule has 3 rings (SSSR count). The molecule has 0 aliphatic carbocycles. The Balaban J connectivity index is 1.80. The zero-order valence-electron chi connectivity index (χ0n) is 14.1. The van der Waals surface area contributed by atoms with Crippen molar-refractivity contribution in [3.63, 3.8) is 0 Å². The summed E-state index contributed by atoms with van der Waals surface area (Å²) < 4.78 is 0. The highest BCUT2D eigenvalue weighted by molar-refractivity contribution is 5.96. The van der Waals surface area contributed by atoms with Gasteiger partial charge in [-0.25, -0.2) is 0 Å². The lowest BCUT2D eigenvalue weighted by atomic mass is 9.86. The van der Waals surface area contributed by atoms with Crippen molar-refractivity contribution >= 4 is 5.78 Å². The number of aliphatic hydroxyl groups excluding tert-OH is 1. The average Bonchev–Trinajstić information content (AvgIpc) is 2.69. The maximum Gasteiger partial charge on any atom is 0.163 e. The van der Waals surface area contributed by atoms with E-state index in [9.17, 15) is 9.90 Å². The SMILES string of the molecule is O=C(CC(CC(O)c1ccccc1)c1ccccc1)c1ccccc1. The molecule has 2 nitrogen and oxygen atoms in total. The van der Waals surface area contributed by atoms with Crippen molar-refractivity contribution in [3.8, 4) is 0 Å². The summed E-state index contributed by atoms with van der Waals surface area (Å²) in [5.41, 5.74) is 2.69. The van der Waals surface area contributed by atoms with Crippen LogP contribution in [0.3, 0.4) is 0 Å². The lowest BCUT2D eigenvalue weighted by Crippen LogP contribution is -2.11. The van der Waals surface area contributed by atoms with E-state index in [0.717, 1.165) is 16.7 Å². The molecular formula is C23H22O2. The van der Waals surface area contributed by atoms with Gasteiger partial charge in [0, 0.05) is 12.0 Å². The number of aliphatic hydroxyl groups is 1. The van der Waals surface area contributed by atoms with Crippen molar-refractivity contribution in [1.29, 1.82) is 0 Å². The smallest absolute Gasteiger partial charge is 0.163 e. The molecule has 3 aromatic carbocycles. The van der Waals surface area contributed by atoms with Gasteiger partial charge in [-0.1, -0.05) is 91.0 Å². The van der Waals surface area contributed by atoms with E-state index in [-0.39, 0.29) is 11.7 Å². The van der Waals surface area contributed by atoms with E-state index in [2.05, 4.69) is 0 Å². The first kappa shape index (κ1) is 17.1. The highest BCUT2D eigenvalue weighted by atomic mass is 16.3. The van der Waals surface area contributed by atoms with Gasteiger partial charge in [-0.15, -0.1) is 0 Å². The van der Waals surface area contributed by atoms with Gasteiger partial charge in [-0.2, -0.15) is 0 Å². The van der Waals surface area contributed by atoms with Crippen LogP contribution >= 0.6 is 0 Å². The van der Waals surface area contributed by atoms with Gasteiger partial charge in [0.2, 0.25) is 0 Å². The van der Waals surface area contributed by atoms with Gasteiger partial charge in [-0.05, 0) is 23.5 Å². The Bertz CT molecular complexity index is 782. The lowest BCUT2D eigenvalue weighted by molar-refractivity contribution is 0.0955. The highest BCUT2D eigenvalue weighted by Gasteiger charge is 2.21. The minimum absolute atomic E-state index is 0.0240. The van der Waals surface area contributed by atoms with Crippen molar-refractivity contribution in [2.75, 3.05) is 0 Å². The van der Waals surface area contributed by atoms with Gasteiger partial charge < -0.3 is 5.11 Å². The Morgan fingerprint density at radius 3 is 1.76 bits per heavy atom. The zero-order chi connectivity index (χ0) is 17.5. The van der Waals surface area contributed by atoms with Crippen molar-refractivity contribution in [2.45, 2.75) is 24.9 Å². The summed E-state index contributed by atoms with van der Waals surface area (Å²) in [6, 6.07) is 29.0. The molecule has 0 saturated heterocycles. The van der Waals surface area contributed by atoms with Crippen LogP contribution in [0.1, 0.15) is 46.3 Å². The number of benzene rings is 3. The molecule has 1 N–H and O–H groups in total. The number of carbonyl (C=O) groups excluding carboxylic acids is 1. The fourth-order valence-corrected chi connectivity index (χ4v) is 3.11. The minimum Gasteiger partial charge on any atom is -0.388 e. The Morgan fingerprint density at radius 2 is 1.20 bits per heavy atom. The molecule has 0 aliphatic heterocycles. The average molecular weight is 330 g/mol. The molecule has 0 heterocycles. The first-order chi connectivity index (χ1) is 12.2. The van der Waals surface area contributed by atoms with Gasteiger partial charge in [-0.3, -0.25) is 4.79 Å². The Hall–Kier alpha value is -2.71. The second-order valence-corrected chi connectivity index (χ2v) is 6.26. The fraction of sp³-hybridized carbons (Fsp3) is 0.174. The molecule has 2 heteroatoms. The number of rotatable bonds is 7. The maximum absolute atomic E-state index is 12.7. The van der Waals surface area contributed by atoms with Gasteiger partial charge >= 0.3 is 0 Å². The van der Waals surface area contributed by atoms with Crippen molar-refractivity contribution < 1.29 is 9.90 Å². The summed E-state index contributed by atoms with van der Waals surface area (Å²) in [4.78, 5) is 12.7. The molecule has 0 aromatic heterocycles. The van der Waals surface area contributed by atoms with Crippen molar-refractivity contribution in [1.82, 2.24) is 0 Å². The first-order valence-corrected chi connectivity index (χ1v) is 8.60. The minimum atomic E-state index is -0.588. The second-order valence-electron chi connectivity index (χ2n) is 6.26. The molecule has 0 spiro atoms. The summed E-state index contributed by atoms with van der Waals surface area (Å²) in [6.07, 6.45) is 0.319. The molecule has 0 aliphatic rings. The second kappa shape index (κ2) is 8.41. The van der Waals surface area contributed by atoms with Gasteiger partial charge in [0.25, 0.3) is 0 Å². The third-order valence-corrected chi connectivity index (χ3v) is 4.49. The van der Waals surface area contributed by atoms with Crippen LogP contribution in [0.5, 0.6) is 0 Å². The zero-order valence-corrected chi connectivity index (χ0v) is 14.1. The fourth-order valence-electron chi connectivity index (χ4n) is 3.11. The number of hydrogen-bond acceptors (Lipinski definition) is 2. The lowest BCUT2D eigenvalue weighted by Gasteiger charge is -2.21. The van der Waals surface area contributed by atoms with E-state index in [4.69, 9.17) is 0 Å². The molecule has 0 bridgehead atoms. The topological polar surface area (TPSA) is 37.3 Å². The van der Waals surface area contributed by atoms with E-state index in [1.807, 2.05) is 91.0 Å². The molecule has 0 amide bonds. The number of Topliss-reactive ketones (excluding diaryl/α,β-unsaturated/α-hetero) is 1. The van der Waals surface area contributed by atoms with Crippen LogP contribution < -0.4 is 0 Å². The monoisotopic (exact) mass is 330 g/mol. The van der Waals surface area contributed by atoms with Crippen molar-refractivity contribution in [2.24, 2.45) is 0 Å². The number of ketones is 1. The van der Waals surface area contributed by atoms with Crippen molar-refractivity contribution in [3.05, 3.63) is 108 Å². The van der Waals surface area contributed by atoms with Crippen LogP contribution in [-0.4, -0.2) is 10.9 Å². The summed E-state index contributed by atoms with van der Waals surface area (Å²) in [5, 5.41) is 10.6. The molecule has 3 aromatic rings.